The molecule has 2 aromatic rings. The molecule has 5 heteroatoms. The minimum Gasteiger partial charge on any atom is -0.451 e. The SMILES string of the molecule is O=C(NC1[C@@H]2CC3C[C@@H]1CN(C3)C2)c1cc2cc(Cl)ccc2o1. The Kier molecular flexibility index (Phi) is 3.01. The second-order valence-corrected chi connectivity index (χ2v) is 7.80. The van der Waals surface area contributed by atoms with Crippen molar-refractivity contribution in [1.29, 1.82) is 0 Å². The monoisotopic (exact) mass is 330 g/mol. The number of nitrogens with zero attached hydrogens (tertiary/aromatic N) is 1. The topological polar surface area (TPSA) is 45.5 Å². The Morgan fingerprint density at radius 3 is 2.70 bits per heavy atom. The summed E-state index contributed by atoms with van der Waals surface area (Å²) in [5.41, 5.74) is 0.704. The Morgan fingerprint density at radius 1 is 1.17 bits per heavy atom. The number of amides is 1. The van der Waals surface area contributed by atoms with Crippen LogP contribution in [0.2, 0.25) is 5.02 Å². The van der Waals surface area contributed by atoms with E-state index in [1.165, 1.54) is 19.4 Å². The van der Waals surface area contributed by atoms with Gasteiger partial charge in [-0.15, -0.1) is 0 Å². The number of piperidine rings is 3. The number of carbonyl (C=O) groups excluding carboxylic acids is 1. The van der Waals surface area contributed by atoms with Crippen LogP contribution in [0.4, 0.5) is 0 Å². The number of halogens is 1. The number of hydrogen-bond donors (Lipinski definition) is 1. The van der Waals surface area contributed by atoms with Crippen LogP contribution in [0, 0.1) is 17.8 Å². The van der Waals surface area contributed by atoms with Crippen LogP contribution < -0.4 is 5.32 Å². The van der Waals surface area contributed by atoms with Crippen LogP contribution >= 0.6 is 11.6 Å². The summed E-state index contributed by atoms with van der Waals surface area (Å²) in [4.78, 5) is 15.2. The van der Waals surface area contributed by atoms with Crippen LogP contribution in [-0.2, 0) is 0 Å². The molecule has 0 radical (unpaired) electrons. The fraction of sp³-hybridized carbons (Fsp3) is 0.500. The Balaban J connectivity index is 1.38. The molecule has 4 nitrogen and oxygen atoms in total. The summed E-state index contributed by atoms with van der Waals surface area (Å²) in [7, 11) is 0. The zero-order valence-corrected chi connectivity index (χ0v) is 13.6. The molecular formula is C18H19ClN2O2. The van der Waals surface area contributed by atoms with E-state index in [-0.39, 0.29) is 5.91 Å². The molecule has 1 aliphatic carbocycles. The zero-order valence-electron chi connectivity index (χ0n) is 12.8. The van der Waals surface area contributed by atoms with Gasteiger partial charge in [0, 0.05) is 36.1 Å². The number of benzene rings is 1. The normalized spacial score (nSPS) is 34.9. The lowest BCUT2D eigenvalue weighted by Crippen LogP contribution is -2.64. The van der Waals surface area contributed by atoms with E-state index in [0.717, 1.165) is 24.4 Å². The van der Waals surface area contributed by atoms with Gasteiger partial charge in [-0.05, 0) is 54.9 Å². The average molecular weight is 331 g/mol. The van der Waals surface area contributed by atoms with Gasteiger partial charge in [-0.3, -0.25) is 4.79 Å². The predicted octanol–water partition coefficient (Wildman–Crippen LogP) is 3.16. The van der Waals surface area contributed by atoms with Gasteiger partial charge in [-0.1, -0.05) is 11.6 Å². The Hall–Kier alpha value is -1.52. The fourth-order valence-corrected chi connectivity index (χ4v) is 5.17. The minimum absolute atomic E-state index is 0.0928. The molecule has 3 aliphatic heterocycles. The van der Waals surface area contributed by atoms with Crippen molar-refractivity contribution >= 4 is 28.5 Å². The summed E-state index contributed by atoms with van der Waals surface area (Å²) in [6, 6.07) is 7.50. The van der Waals surface area contributed by atoms with Crippen LogP contribution in [0.15, 0.2) is 28.7 Å². The highest BCUT2D eigenvalue weighted by Crippen LogP contribution is 2.43. The van der Waals surface area contributed by atoms with Crippen molar-refractivity contribution in [3.05, 3.63) is 35.0 Å². The number of carbonyl (C=O) groups is 1. The fourth-order valence-electron chi connectivity index (χ4n) is 4.99. The van der Waals surface area contributed by atoms with Crippen molar-refractivity contribution in [2.75, 3.05) is 19.6 Å². The molecule has 1 saturated carbocycles. The molecule has 1 N–H and O–H groups in total. The predicted molar refractivity (Wildman–Crippen MR) is 88.6 cm³/mol. The molecule has 4 aliphatic rings. The van der Waals surface area contributed by atoms with Gasteiger partial charge in [-0.25, -0.2) is 0 Å². The molecule has 4 heterocycles. The summed E-state index contributed by atoms with van der Waals surface area (Å²) >= 11 is 6.00. The molecule has 1 aromatic heterocycles. The minimum atomic E-state index is -0.0928. The van der Waals surface area contributed by atoms with Crippen LogP contribution in [0.1, 0.15) is 23.4 Å². The van der Waals surface area contributed by atoms with E-state index in [4.69, 9.17) is 16.0 Å². The van der Waals surface area contributed by atoms with Crippen molar-refractivity contribution in [3.63, 3.8) is 0 Å². The molecule has 4 bridgehead atoms. The van der Waals surface area contributed by atoms with Crippen LogP contribution in [-0.4, -0.2) is 36.5 Å². The highest BCUT2D eigenvalue weighted by molar-refractivity contribution is 6.31. The third kappa shape index (κ3) is 2.27. The highest BCUT2D eigenvalue weighted by atomic mass is 35.5. The lowest BCUT2D eigenvalue weighted by molar-refractivity contribution is -0.0420. The molecule has 3 saturated heterocycles. The highest BCUT2D eigenvalue weighted by Gasteiger charge is 2.48. The Labute approximate surface area is 139 Å². The van der Waals surface area contributed by atoms with Crippen LogP contribution in [0.5, 0.6) is 0 Å². The van der Waals surface area contributed by atoms with Gasteiger partial charge in [-0.2, -0.15) is 0 Å². The molecular weight excluding hydrogens is 312 g/mol. The number of rotatable bonds is 2. The van der Waals surface area contributed by atoms with E-state index in [1.54, 1.807) is 12.1 Å². The van der Waals surface area contributed by atoms with Crippen LogP contribution in [0.3, 0.4) is 0 Å². The van der Waals surface area contributed by atoms with Gasteiger partial charge in [0.05, 0.1) is 0 Å². The summed E-state index contributed by atoms with van der Waals surface area (Å²) in [5.74, 6) is 2.34. The molecule has 0 unspecified atom stereocenters. The first-order valence-electron chi connectivity index (χ1n) is 8.38. The van der Waals surface area contributed by atoms with E-state index in [0.29, 0.717) is 34.2 Å². The molecule has 23 heavy (non-hydrogen) atoms. The molecule has 1 aromatic carbocycles. The number of furan rings is 1. The Bertz CT molecular complexity index is 756. The Morgan fingerprint density at radius 2 is 1.96 bits per heavy atom. The maximum absolute atomic E-state index is 12.6. The van der Waals surface area contributed by atoms with E-state index in [2.05, 4.69) is 10.2 Å². The number of hydrogen-bond acceptors (Lipinski definition) is 3. The maximum atomic E-state index is 12.6. The summed E-state index contributed by atoms with van der Waals surface area (Å²) in [6.45, 7) is 3.53. The van der Waals surface area contributed by atoms with Crippen molar-refractivity contribution < 1.29 is 9.21 Å². The first kappa shape index (κ1) is 13.9. The zero-order chi connectivity index (χ0) is 15.6. The molecule has 4 fully saturated rings. The molecule has 120 valence electrons. The van der Waals surface area contributed by atoms with E-state index in [9.17, 15) is 4.79 Å². The average Bonchev–Trinajstić information content (AvgIpc) is 2.93. The second-order valence-electron chi connectivity index (χ2n) is 7.37. The molecule has 2 atom stereocenters. The van der Waals surface area contributed by atoms with Gasteiger partial charge >= 0.3 is 0 Å². The lowest BCUT2D eigenvalue weighted by atomic mass is 9.65. The standard InChI is InChI=1S/C18H19ClN2O2/c19-14-1-2-15-11(5-14)6-16(23-15)18(22)20-17-12-3-10-4-13(17)9-21(7-10)8-12/h1-2,5-6,10,12-13,17H,3-4,7-9H2,(H,20,22)/t10?,12-,13-,17?/m1/s1. The van der Waals surface area contributed by atoms with Gasteiger partial charge in [0.1, 0.15) is 5.58 Å². The van der Waals surface area contributed by atoms with Crippen molar-refractivity contribution in [1.82, 2.24) is 10.2 Å². The van der Waals surface area contributed by atoms with Crippen molar-refractivity contribution in [2.45, 2.75) is 18.9 Å². The van der Waals surface area contributed by atoms with Gasteiger partial charge in [0.25, 0.3) is 5.91 Å². The lowest BCUT2D eigenvalue weighted by Gasteiger charge is -2.55. The van der Waals surface area contributed by atoms with Crippen LogP contribution in [0.25, 0.3) is 11.0 Å². The van der Waals surface area contributed by atoms with Crippen molar-refractivity contribution in [3.8, 4) is 0 Å². The first-order chi connectivity index (χ1) is 11.2. The van der Waals surface area contributed by atoms with Crippen molar-refractivity contribution in [2.24, 2.45) is 17.8 Å². The van der Waals surface area contributed by atoms with Gasteiger partial charge in [0.15, 0.2) is 5.76 Å². The molecule has 1 amide bonds. The van der Waals surface area contributed by atoms with E-state index < -0.39 is 0 Å². The van der Waals surface area contributed by atoms with Gasteiger partial charge in [0.2, 0.25) is 0 Å². The third-order valence-electron chi connectivity index (χ3n) is 5.79. The smallest absolute Gasteiger partial charge is 0.287 e. The second kappa shape index (κ2) is 4.99. The summed E-state index contributed by atoms with van der Waals surface area (Å²) < 4.78 is 5.70. The van der Waals surface area contributed by atoms with E-state index >= 15 is 0 Å². The maximum Gasteiger partial charge on any atom is 0.287 e. The summed E-state index contributed by atoms with van der Waals surface area (Å²) in [5, 5.41) is 4.79. The van der Waals surface area contributed by atoms with E-state index in [1.807, 2.05) is 12.1 Å². The molecule has 0 spiro atoms. The van der Waals surface area contributed by atoms with Gasteiger partial charge < -0.3 is 14.6 Å². The number of nitrogens with one attached hydrogen (secondary N) is 1. The third-order valence-corrected chi connectivity index (χ3v) is 6.02. The first-order valence-corrected chi connectivity index (χ1v) is 8.76. The largest absolute Gasteiger partial charge is 0.451 e. The quantitative estimate of drug-likeness (QED) is 0.920. The summed E-state index contributed by atoms with van der Waals surface area (Å²) in [6.07, 6.45) is 2.52. The number of fused-ring (bicyclic) bond motifs is 1. The molecule has 6 rings (SSSR count).